The summed E-state index contributed by atoms with van der Waals surface area (Å²) in [7, 11) is 3.62. The second kappa shape index (κ2) is 9.12. The van der Waals surface area contributed by atoms with Crippen molar-refractivity contribution in [3.8, 4) is 5.75 Å². The summed E-state index contributed by atoms with van der Waals surface area (Å²) in [5.74, 6) is 2.18. The molecule has 2 fully saturated rings. The van der Waals surface area contributed by atoms with Gasteiger partial charge in [0, 0.05) is 63.0 Å². The molecule has 30 heavy (non-hydrogen) atoms. The van der Waals surface area contributed by atoms with Crippen molar-refractivity contribution in [3.63, 3.8) is 0 Å². The lowest BCUT2D eigenvalue weighted by Crippen LogP contribution is -2.42. The molecule has 2 saturated heterocycles. The quantitative estimate of drug-likeness (QED) is 0.662. The highest BCUT2D eigenvalue weighted by Gasteiger charge is 2.38. The van der Waals surface area contributed by atoms with Crippen LogP contribution < -0.4 is 9.64 Å². The maximum Gasteiger partial charge on any atom is 0.228 e. The second-order valence-electron chi connectivity index (χ2n) is 8.01. The molecule has 2 aromatic rings. The van der Waals surface area contributed by atoms with Crippen LogP contribution in [0.25, 0.3) is 0 Å². The molecule has 1 atom stereocenters. The van der Waals surface area contributed by atoms with Gasteiger partial charge in [-0.1, -0.05) is 17.8 Å². The van der Waals surface area contributed by atoms with Gasteiger partial charge in [-0.05, 0) is 30.9 Å². The number of hydrogen-bond acceptors (Lipinski definition) is 5. The average Bonchev–Trinajstić information content (AvgIpc) is 3.37. The molecule has 0 radical (unpaired) electrons. The van der Waals surface area contributed by atoms with E-state index < -0.39 is 0 Å². The number of imidazole rings is 1. The molecule has 8 heteroatoms. The third kappa shape index (κ3) is 4.48. The normalized spacial score (nSPS) is 20.1. The maximum atomic E-state index is 13.0. The van der Waals surface area contributed by atoms with Crippen molar-refractivity contribution in [2.24, 2.45) is 18.9 Å². The van der Waals surface area contributed by atoms with Crippen LogP contribution in [0.1, 0.15) is 19.3 Å². The third-order valence-corrected chi connectivity index (χ3v) is 7.28. The van der Waals surface area contributed by atoms with Gasteiger partial charge in [0.15, 0.2) is 5.16 Å². The largest absolute Gasteiger partial charge is 0.497 e. The van der Waals surface area contributed by atoms with Gasteiger partial charge in [-0.25, -0.2) is 4.98 Å². The number of methoxy groups -OCH3 is 1. The van der Waals surface area contributed by atoms with Gasteiger partial charge in [0.1, 0.15) is 5.75 Å². The minimum Gasteiger partial charge on any atom is -0.497 e. The standard InChI is InChI=1S/C22H28N4O3S/c1-24-11-8-23-22(24)30-15-16-6-9-25(10-7-16)21(28)17-12-20(27)26(14-17)18-4-3-5-19(13-18)29-2/h3-5,8,11,13,16-17H,6-7,9-10,12,14-15H2,1-2H3/t17-/m0/s1. The predicted molar refractivity (Wildman–Crippen MR) is 117 cm³/mol. The second-order valence-corrected chi connectivity index (χ2v) is 8.99. The fraction of sp³-hybridized carbons (Fsp3) is 0.500. The van der Waals surface area contributed by atoms with Crippen molar-refractivity contribution in [2.45, 2.75) is 24.4 Å². The Hall–Kier alpha value is -2.48. The van der Waals surface area contributed by atoms with Crippen LogP contribution in [0.15, 0.2) is 41.8 Å². The Kier molecular flexibility index (Phi) is 6.32. The lowest BCUT2D eigenvalue weighted by Gasteiger charge is -2.33. The van der Waals surface area contributed by atoms with Crippen LogP contribution in [0.3, 0.4) is 0 Å². The highest BCUT2D eigenvalue weighted by Crippen LogP contribution is 2.31. The topological polar surface area (TPSA) is 67.7 Å². The zero-order valence-corrected chi connectivity index (χ0v) is 18.3. The molecule has 3 heterocycles. The fourth-order valence-corrected chi connectivity index (χ4v) is 5.28. The molecular weight excluding hydrogens is 400 g/mol. The number of anilines is 1. The van der Waals surface area contributed by atoms with Gasteiger partial charge in [-0.15, -0.1) is 0 Å². The molecule has 4 rings (SSSR count). The van der Waals surface area contributed by atoms with Gasteiger partial charge in [-0.3, -0.25) is 9.59 Å². The van der Waals surface area contributed by atoms with E-state index in [0.717, 1.165) is 42.5 Å². The molecule has 1 aromatic carbocycles. The number of aromatic nitrogens is 2. The van der Waals surface area contributed by atoms with Crippen molar-refractivity contribution in [1.82, 2.24) is 14.5 Å². The van der Waals surface area contributed by atoms with E-state index in [1.807, 2.05) is 53.2 Å². The number of likely N-dealkylation sites (tertiary alicyclic amines) is 1. The zero-order valence-electron chi connectivity index (χ0n) is 17.5. The predicted octanol–water partition coefficient (Wildman–Crippen LogP) is 2.81. The van der Waals surface area contributed by atoms with Crippen molar-refractivity contribution < 1.29 is 14.3 Å². The molecule has 0 bridgehead atoms. The Labute approximate surface area is 181 Å². The summed E-state index contributed by atoms with van der Waals surface area (Å²) in [6.45, 7) is 1.99. The van der Waals surface area contributed by atoms with E-state index in [0.29, 0.717) is 18.2 Å². The Balaban J connectivity index is 1.29. The molecule has 2 aliphatic heterocycles. The van der Waals surface area contributed by atoms with Gasteiger partial charge < -0.3 is 19.1 Å². The lowest BCUT2D eigenvalue weighted by molar-refractivity contribution is -0.137. The number of aryl methyl sites for hydroxylation is 1. The number of amides is 2. The highest BCUT2D eigenvalue weighted by molar-refractivity contribution is 7.99. The molecule has 0 unspecified atom stereocenters. The molecule has 1 aromatic heterocycles. The van der Waals surface area contributed by atoms with Crippen LogP contribution in [0.2, 0.25) is 0 Å². The van der Waals surface area contributed by atoms with E-state index in [2.05, 4.69) is 4.98 Å². The molecular formula is C22H28N4O3S. The first-order valence-electron chi connectivity index (χ1n) is 10.4. The van der Waals surface area contributed by atoms with Crippen LogP contribution in [0.5, 0.6) is 5.75 Å². The summed E-state index contributed by atoms with van der Waals surface area (Å²) < 4.78 is 7.30. The van der Waals surface area contributed by atoms with E-state index >= 15 is 0 Å². The lowest BCUT2D eigenvalue weighted by atomic mass is 9.97. The first kappa shape index (κ1) is 20.8. The Morgan fingerprint density at radius 1 is 1.30 bits per heavy atom. The molecule has 7 nitrogen and oxygen atoms in total. The third-order valence-electron chi connectivity index (χ3n) is 5.99. The van der Waals surface area contributed by atoms with E-state index in [1.165, 1.54) is 0 Å². The number of benzene rings is 1. The van der Waals surface area contributed by atoms with Gasteiger partial charge in [0.05, 0.1) is 13.0 Å². The molecule has 0 aliphatic carbocycles. The minimum absolute atomic E-state index is 0.00274. The van der Waals surface area contributed by atoms with E-state index in [4.69, 9.17) is 4.74 Å². The summed E-state index contributed by atoms with van der Waals surface area (Å²) in [4.78, 5) is 33.6. The summed E-state index contributed by atoms with van der Waals surface area (Å²) in [6, 6.07) is 7.45. The number of thioether (sulfide) groups is 1. The molecule has 0 spiro atoms. The first-order chi connectivity index (χ1) is 14.5. The smallest absolute Gasteiger partial charge is 0.228 e. The van der Waals surface area contributed by atoms with Crippen LogP contribution >= 0.6 is 11.8 Å². The van der Waals surface area contributed by atoms with Crippen LogP contribution in [-0.4, -0.2) is 58.8 Å². The van der Waals surface area contributed by atoms with Gasteiger partial charge >= 0.3 is 0 Å². The van der Waals surface area contributed by atoms with Crippen LogP contribution in [0, 0.1) is 11.8 Å². The van der Waals surface area contributed by atoms with Gasteiger partial charge in [0.2, 0.25) is 11.8 Å². The minimum atomic E-state index is -0.262. The number of hydrogen-bond donors (Lipinski definition) is 0. The van der Waals surface area contributed by atoms with Crippen LogP contribution in [0.4, 0.5) is 5.69 Å². The van der Waals surface area contributed by atoms with Gasteiger partial charge in [0.25, 0.3) is 0 Å². The van der Waals surface area contributed by atoms with Crippen molar-refractivity contribution in [3.05, 3.63) is 36.7 Å². The van der Waals surface area contributed by atoms with Crippen molar-refractivity contribution in [1.29, 1.82) is 0 Å². The molecule has 0 saturated carbocycles. The van der Waals surface area contributed by atoms with E-state index in [-0.39, 0.29) is 24.2 Å². The molecule has 2 amide bonds. The summed E-state index contributed by atoms with van der Waals surface area (Å²) in [5, 5.41) is 1.04. The summed E-state index contributed by atoms with van der Waals surface area (Å²) in [5.41, 5.74) is 0.791. The summed E-state index contributed by atoms with van der Waals surface area (Å²) in [6.07, 6.45) is 6.07. The number of ether oxygens (including phenoxy) is 1. The average molecular weight is 429 g/mol. The number of piperidine rings is 1. The van der Waals surface area contributed by atoms with Crippen LogP contribution in [-0.2, 0) is 16.6 Å². The van der Waals surface area contributed by atoms with Crippen molar-refractivity contribution in [2.75, 3.05) is 37.4 Å². The first-order valence-corrected chi connectivity index (χ1v) is 11.4. The Bertz CT molecular complexity index is 907. The number of nitrogens with zero attached hydrogens (tertiary/aromatic N) is 4. The number of rotatable bonds is 6. The SMILES string of the molecule is COc1cccc(N2C[C@@H](C(=O)N3CCC(CSc4nccn4C)CC3)CC2=O)c1. The van der Waals surface area contributed by atoms with Crippen molar-refractivity contribution >= 4 is 29.3 Å². The van der Waals surface area contributed by atoms with E-state index in [1.54, 1.807) is 23.8 Å². The monoisotopic (exact) mass is 428 g/mol. The zero-order chi connectivity index (χ0) is 21.1. The number of carbonyl (C=O) groups excluding carboxylic acids is 2. The van der Waals surface area contributed by atoms with E-state index in [9.17, 15) is 9.59 Å². The summed E-state index contributed by atoms with van der Waals surface area (Å²) >= 11 is 1.78. The Morgan fingerprint density at radius 3 is 2.80 bits per heavy atom. The highest BCUT2D eigenvalue weighted by atomic mass is 32.2. The molecule has 0 N–H and O–H groups in total. The van der Waals surface area contributed by atoms with Gasteiger partial charge in [-0.2, -0.15) is 0 Å². The number of carbonyl (C=O) groups is 2. The molecule has 160 valence electrons. The fourth-order valence-electron chi connectivity index (χ4n) is 4.16. The maximum absolute atomic E-state index is 13.0. The molecule has 2 aliphatic rings. The Morgan fingerprint density at radius 2 is 2.10 bits per heavy atom.